The first-order chi connectivity index (χ1) is 5.04. The van der Waals surface area contributed by atoms with Gasteiger partial charge in [0.05, 0.1) is 0 Å². The van der Waals surface area contributed by atoms with Crippen molar-refractivity contribution < 1.29 is 0 Å². The van der Waals surface area contributed by atoms with Crippen LogP contribution < -0.4 is 5.46 Å². The van der Waals surface area contributed by atoms with Crippen LogP contribution in [0.2, 0.25) is 0 Å². The Hall–Kier alpha value is -0.715. The zero-order valence-electron chi connectivity index (χ0n) is 7.65. The lowest BCUT2D eigenvalue weighted by atomic mass is 9.85. The predicted molar refractivity (Wildman–Crippen MR) is 50.8 cm³/mol. The van der Waals surface area contributed by atoms with Crippen LogP contribution in [0.5, 0.6) is 0 Å². The van der Waals surface area contributed by atoms with Gasteiger partial charge in [-0.3, -0.25) is 0 Å². The van der Waals surface area contributed by atoms with E-state index in [9.17, 15) is 0 Å². The summed E-state index contributed by atoms with van der Waals surface area (Å²) in [7, 11) is 5.79. The van der Waals surface area contributed by atoms with Crippen LogP contribution in [0.4, 0.5) is 0 Å². The largest absolute Gasteiger partial charge is 0.114 e. The Morgan fingerprint density at radius 1 is 0.909 bits per heavy atom. The van der Waals surface area contributed by atoms with Gasteiger partial charge >= 0.3 is 0 Å². The number of rotatable bonds is 0. The molecule has 0 amide bonds. The molecule has 0 saturated carbocycles. The molecule has 1 heteroatoms. The van der Waals surface area contributed by atoms with Gasteiger partial charge in [-0.05, 0) is 44.4 Å². The Balaban J connectivity index is 3.46. The van der Waals surface area contributed by atoms with E-state index in [1.165, 1.54) is 22.3 Å². The van der Waals surface area contributed by atoms with Crippen molar-refractivity contribution >= 4 is 13.3 Å². The maximum absolute atomic E-state index is 5.79. The fraction of sp³-hybridized carbons (Fsp3) is 0.400. The molecule has 0 N–H and O–H groups in total. The number of hydrogen-bond donors (Lipinski definition) is 0. The zero-order valence-corrected chi connectivity index (χ0v) is 7.65. The Bertz CT molecular complexity index is 261. The van der Waals surface area contributed by atoms with Crippen molar-refractivity contribution in [2.45, 2.75) is 27.7 Å². The van der Waals surface area contributed by atoms with Gasteiger partial charge in [-0.15, -0.1) is 0 Å². The molecule has 0 aliphatic carbocycles. The molecular weight excluding hydrogens is 131 g/mol. The van der Waals surface area contributed by atoms with E-state index in [1.807, 2.05) is 6.07 Å². The summed E-state index contributed by atoms with van der Waals surface area (Å²) in [6.45, 7) is 8.42. The maximum Gasteiger partial charge on any atom is 0.114 e. The molecule has 0 aliphatic rings. The fourth-order valence-corrected chi connectivity index (χ4v) is 1.24. The molecule has 0 nitrogen and oxygen atoms in total. The molecule has 2 radical (unpaired) electrons. The smallest absolute Gasteiger partial charge is 0.0933 e. The molecular formula is C10H13B. The van der Waals surface area contributed by atoms with Crippen molar-refractivity contribution in [1.29, 1.82) is 0 Å². The third-order valence-electron chi connectivity index (χ3n) is 2.52. The summed E-state index contributed by atoms with van der Waals surface area (Å²) in [5.74, 6) is 0. The molecule has 0 fully saturated rings. The van der Waals surface area contributed by atoms with Crippen LogP contribution >= 0.6 is 0 Å². The molecule has 0 bridgehead atoms. The van der Waals surface area contributed by atoms with Crippen LogP contribution in [-0.2, 0) is 0 Å². The lowest BCUT2D eigenvalue weighted by Crippen LogP contribution is -2.11. The topological polar surface area (TPSA) is 0 Å². The molecule has 1 rings (SSSR count). The van der Waals surface area contributed by atoms with E-state index in [0.717, 1.165) is 5.46 Å². The number of aryl methyl sites for hydroxylation is 1. The van der Waals surface area contributed by atoms with Crippen LogP contribution in [0, 0.1) is 27.7 Å². The second-order valence-electron chi connectivity index (χ2n) is 3.16. The molecule has 0 unspecified atom stereocenters. The fourth-order valence-electron chi connectivity index (χ4n) is 1.24. The van der Waals surface area contributed by atoms with E-state index >= 15 is 0 Å². The second-order valence-corrected chi connectivity index (χ2v) is 3.16. The van der Waals surface area contributed by atoms with E-state index in [1.54, 1.807) is 0 Å². The quantitative estimate of drug-likeness (QED) is 0.486. The van der Waals surface area contributed by atoms with Gasteiger partial charge in [-0.1, -0.05) is 17.1 Å². The molecule has 1 aromatic rings. The van der Waals surface area contributed by atoms with Gasteiger partial charge < -0.3 is 0 Å². The molecule has 1 aromatic carbocycles. The van der Waals surface area contributed by atoms with E-state index in [-0.39, 0.29) is 0 Å². The first kappa shape index (κ1) is 8.38. The summed E-state index contributed by atoms with van der Waals surface area (Å²) in [5.41, 5.74) is 6.09. The minimum atomic E-state index is 0.908. The SMILES string of the molecule is [B]c1cc(C)c(C)c(C)c1C. The summed E-state index contributed by atoms with van der Waals surface area (Å²) in [6, 6.07) is 2.04. The van der Waals surface area contributed by atoms with E-state index in [4.69, 9.17) is 7.85 Å². The monoisotopic (exact) mass is 144 g/mol. The van der Waals surface area contributed by atoms with E-state index < -0.39 is 0 Å². The summed E-state index contributed by atoms with van der Waals surface area (Å²) >= 11 is 0. The highest BCUT2D eigenvalue weighted by Gasteiger charge is 2.01. The van der Waals surface area contributed by atoms with Crippen LogP contribution in [0.15, 0.2) is 6.07 Å². The summed E-state index contributed by atoms with van der Waals surface area (Å²) < 4.78 is 0. The highest BCUT2D eigenvalue weighted by Crippen LogP contribution is 2.13. The first-order valence-electron chi connectivity index (χ1n) is 3.87. The van der Waals surface area contributed by atoms with Crippen molar-refractivity contribution in [3.8, 4) is 0 Å². The maximum atomic E-state index is 5.79. The van der Waals surface area contributed by atoms with Gasteiger partial charge in [0, 0.05) is 0 Å². The van der Waals surface area contributed by atoms with E-state index in [0.29, 0.717) is 0 Å². The number of benzene rings is 1. The average molecular weight is 144 g/mol. The molecule has 0 spiro atoms. The van der Waals surface area contributed by atoms with Crippen molar-refractivity contribution in [2.75, 3.05) is 0 Å². The minimum absolute atomic E-state index is 0.908. The van der Waals surface area contributed by atoms with Gasteiger partial charge in [-0.2, -0.15) is 0 Å². The Labute approximate surface area is 70.0 Å². The summed E-state index contributed by atoms with van der Waals surface area (Å²) in [5, 5.41) is 0. The van der Waals surface area contributed by atoms with Crippen molar-refractivity contribution in [2.24, 2.45) is 0 Å². The standard InChI is InChI=1S/C10H13B/c1-6-5-10(11)9(4)8(3)7(6)2/h5H,1-4H3. The van der Waals surface area contributed by atoms with Gasteiger partial charge in [0.25, 0.3) is 0 Å². The van der Waals surface area contributed by atoms with Crippen molar-refractivity contribution in [3.63, 3.8) is 0 Å². The molecule has 0 atom stereocenters. The lowest BCUT2D eigenvalue weighted by molar-refractivity contribution is 1.23. The van der Waals surface area contributed by atoms with Crippen LogP contribution in [0.1, 0.15) is 22.3 Å². The lowest BCUT2D eigenvalue weighted by Gasteiger charge is -2.11. The Morgan fingerprint density at radius 3 is 2.00 bits per heavy atom. The zero-order chi connectivity index (χ0) is 8.59. The molecule has 0 heterocycles. The second kappa shape index (κ2) is 2.73. The third kappa shape index (κ3) is 1.32. The Kier molecular flexibility index (Phi) is 2.08. The van der Waals surface area contributed by atoms with Crippen LogP contribution in [0.25, 0.3) is 0 Å². The predicted octanol–water partition coefficient (Wildman–Crippen LogP) is 1.71. The molecule has 0 saturated heterocycles. The molecule has 11 heavy (non-hydrogen) atoms. The van der Waals surface area contributed by atoms with Gasteiger partial charge in [0.15, 0.2) is 0 Å². The Morgan fingerprint density at radius 2 is 1.45 bits per heavy atom. The van der Waals surface area contributed by atoms with E-state index in [2.05, 4.69) is 27.7 Å². The molecule has 0 aromatic heterocycles. The van der Waals surface area contributed by atoms with Crippen LogP contribution in [0.3, 0.4) is 0 Å². The van der Waals surface area contributed by atoms with Gasteiger partial charge in [0.1, 0.15) is 7.85 Å². The molecule has 0 aliphatic heterocycles. The highest BCUT2D eigenvalue weighted by atomic mass is 14.1. The number of hydrogen-bond acceptors (Lipinski definition) is 0. The van der Waals surface area contributed by atoms with Crippen molar-refractivity contribution in [3.05, 3.63) is 28.3 Å². The third-order valence-corrected chi connectivity index (χ3v) is 2.52. The first-order valence-corrected chi connectivity index (χ1v) is 3.87. The average Bonchev–Trinajstić information content (AvgIpc) is 1.97. The van der Waals surface area contributed by atoms with Crippen molar-refractivity contribution in [1.82, 2.24) is 0 Å². The summed E-state index contributed by atoms with van der Waals surface area (Å²) in [4.78, 5) is 0. The summed E-state index contributed by atoms with van der Waals surface area (Å²) in [6.07, 6.45) is 0. The van der Waals surface area contributed by atoms with Crippen LogP contribution in [-0.4, -0.2) is 7.85 Å². The normalized spacial score (nSPS) is 10.2. The van der Waals surface area contributed by atoms with Gasteiger partial charge in [0.2, 0.25) is 0 Å². The van der Waals surface area contributed by atoms with Gasteiger partial charge in [-0.25, -0.2) is 0 Å². The highest BCUT2D eigenvalue weighted by molar-refractivity contribution is 6.33. The molecule has 56 valence electrons. The minimum Gasteiger partial charge on any atom is -0.0933 e.